The first kappa shape index (κ1) is 17.7. The Morgan fingerprint density at radius 1 is 1.38 bits per heavy atom. The predicted octanol–water partition coefficient (Wildman–Crippen LogP) is 2.66. The van der Waals surface area contributed by atoms with Crippen molar-refractivity contribution in [3.63, 3.8) is 0 Å². The molecule has 1 aromatic heterocycles. The van der Waals surface area contributed by atoms with Gasteiger partial charge >= 0.3 is 0 Å². The van der Waals surface area contributed by atoms with Crippen molar-refractivity contribution in [1.29, 1.82) is 0 Å². The van der Waals surface area contributed by atoms with Gasteiger partial charge in [-0.05, 0) is 25.0 Å². The van der Waals surface area contributed by atoms with E-state index in [0.29, 0.717) is 19.5 Å². The van der Waals surface area contributed by atoms with Crippen LogP contribution in [0.4, 0.5) is 0 Å². The molecule has 0 radical (unpaired) electrons. The highest BCUT2D eigenvalue weighted by atomic mass is 32.2. The van der Waals surface area contributed by atoms with E-state index < -0.39 is 0 Å². The zero-order valence-corrected chi connectivity index (χ0v) is 16.0. The summed E-state index contributed by atoms with van der Waals surface area (Å²) in [5.74, 6) is 1.34. The lowest BCUT2D eigenvalue weighted by Gasteiger charge is -2.35. The first-order valence-electron chi connectivity index (χ1n) is 8.77. The number of hydrogen-bond donors (Lipinski definition) is 0. The van der Waals surface area contributed by atoms with Gasteiger partial charge in [-0.15, -0.1) is 11.3 Å². The number of piperidine rings is 1. The van der Waals surface area contributed by atoms with Crippen LogP contribution in [0, 0.1) is 5.92 Å². The van der Waals surface area contributed by atoms with Crippen LogP contribution in [-0.2, 0) is 16.0 Å². The largest absolute Gasteiger partial charge is 0.339 e. The van der Waals surface area contributed by atoms with Gasteiger partial charge in [-0.1, -0.05) is 25.6 Å². The molecule has 3 aliphatic heterocycles. The molecule has 7 heteroatoms. The highest BCUT2D eigenvalue weighted by Crippen LogP contribution is 2.30. The summed E-state index contributed by atoms with van der Waals surface area (Å²) in [6.07, 6.45) is 3.26. The summed E-state index contributed by atoms with van der Waals surface area (Å²) in [5, 5.41) is 1.98. The molecule has 0 aromatic carbocycles. The van der Waals surface area contributed by atoms with Crippen molar-refractivity contribution in [1.82, 2.24) is 14.8 Å². The maximum absolute atomic E-state index is 12.7. The molecule has 3 fully saturated rings. The Hall–Kier alpha value is -1.08. The molecule has 5 nitrogen and oxygen atoms in total. The van der Waals surface area contributed by atoms with Crippen LogP contribution in [0.2, 0.25) is 0 Å². The molecule has 4 rings (SSSR count). The zero-order chi connectivity index (χ0) is 17.1. The molecule has 132 valence electrons. The third-order valence-corrected chi connectivity index (χ3v) is 6.69. The first-order chi connectivity index (χ1) is 11.6. The van der Waals surface area contributed by atoms with Crippen molar-refractivity contribution in [2.75, 3.05) is 25.4 Å². The SMILES string of the molecule is CCCN1C(=O)C2CCC1CN(C(=O)Cc1csc(SCC)n1)C2. The van der Waals surface area contributed by atoms with E-state index in [1.54, 1.807) is 23.1 Å². The number of hydrogen-bond acceptors (Lipinski definition) is 5. The molecule has 1 aromatic rings. The topological polar surface area (TPSA) is 53.5 Å². The van der Waals surface area contributed by atoms with Gasteiger partial charge in [0.05, 0.1) is 18.0 Å². The molecule has 4 heterocycles. The number of carbonyl (C=O) groups excluding carboxylic acids is 2. The number of carbonyl (C=O) groups is 2. The van der Waals surface area contributed by atoms with E-state index in [2.05, 4.69) is 18.8 Å². The number of nitrogens with zero attached hydrogens (tertiary/aromatic N) is 3. The van der Waals surface area contributed by atoms with Crippen LogP contribution in [0.25, 0.3) is 0 Å². The lowest BCUT2D eigenvalue weighted by atomic mass is 9.94. The summed E-state index contributed by atoms with van der Waals surface area (Å²) in [7, 11) is 0. The number of amides is 2. The summed E-state index contributed by atoms with van der Waals surface area (Å²) in [5.41, 5.74) is 0.856. The standard InChI is InChI=1S/C17H25N3O2S2/c1-3-7-20-14-6-5-12(16(20)22)9-19(10-14)15(21)8-13-11-24-17(18-13)23-4-2/h11-12,14H,3-10H2,1-2H3. The van der Waals surface area contributed by atoms with Crippen LogP contribution >= 0.6 is 23.1 Å². The number of rotatable bonds is 6. The highest BCUT2D eigenvalue weighted by molar-refractivity contribution is 8.00. The zero-order valence-electron chi connectivity index (χ0n) is 14.4. The summed E-state index contributed by atoms with van der Waals surface area (Å²) in [4.78, 5) is 33.8. The van der Waals surface area contributed by atoms with Crippen molar-refractivity contribution >= 4 is 34.9 Å². The van der Waals surface area contributed by atoms with E-state index in [9.17, 15) is 9.59 Å². The van der Waals surface area contributed by atoms with Gasteiger partial charge in [0, 0.05) is 31.1 Å². The van der Waals surface area contributed by atoms with Crippen LogP contribution in [0.3, 0.4) is 0 Å². The summed E-state index contributed by atoms with van der Waals surface area (Å²) in [6.45, 7) is 6.27. The average molecular weight is 368 g/mol. The Morgan fingerprint density at radius 2 is 2.21 bits per heavy atom. The maximum atomic E-state index is 12.7. The molecule has 0 saturated carbocycles. The molecule has 3 saturated heterocycles. The second-order valence-electron chi connectivity index (χ2n) is 6.47. The van der Waals surface area contributed by atoms with E-state index in [1.165, 1.54) is 0 Å². The molecule has 3 aliphatic rings. The smallest absolute Gasteiger partial charge is 0.228 e. The molecule has 2 bridgehead atoms. The minimum Gasteiger partial charge on any atom is -0.339 e. The van der Waals surface area contributed by atoms with Crippen molar-refractivity contribution in [2.24, 2.45) is 5.92 Å². The van der Waals surface area contributed by atoms with Gasteiger partial charge in [0.1, 0.15) is 4.34 Å². The van der Waals surface area contributed by atoms with Gasteiger partial charge in [-0.3, -0.25) is 9.59 Å². The molecule has 24 heavy (non-hydrogen) atoms. The predicted molar refractivity (Wildman–Crippen MR) is 97.3 cm³/mol. The second-order valence-corrected chi connectivity index (χ2v) is 8.84. The number of aromatic nitrogens is 1. The summed E-state index contributed by atoms with van der Waals surface area (Å²) < 4.78 is 1.03. The fourth-order valence-electron chi connectivity index (χ4n) is 3.60. The molecule has 2 unspecified atom stereocenters. The van der Waals surface area contributed by atoms with Crippen LogP contribution < -0.4 is 0 Å². The molecular weight excluding hydrogens is 342 g/mol. The fourth-order valence-corrected chi connectivity index (χ4v) is 5.35. The summed E-state index contributed by atoms with van der Waals surface area (Å²) in [6, 6.07) is 0.196. The van der Waals surface area contributed by atoms with Gasteiger partial charge in [0.2, 0.25) is 11.8 Å². The van der Waals surface area contributed by atoms with Crippen LogP contribution in [-0.4, -0.2) is 58.0 Å². The number of fused-ring (bicyclic) bond motifs is 4. The number of thiazole rings is 1. The van der Waals surface area contributed by atoms with E-state index in [1.807, 2.05) is 15.2 Å². The lowest BCUT2D eigenvalue weighted by molar-refractivity contribution is -0.139. The lowest BCUT2D eigenvalue weighted by Crippen LogP contribution is -2.48. The monoisotopic (exact) mass is 367 g/mol. The first-order valence-corrected chi connectivity index (χ1v) is 10.6. The highest BCUT2D eigenvalue weighted by Gasteiger charge is 2.41. The maximum Gasteiger partial charge on any atom is 0.228 e. The molecule has 0 spiro atoms. The summed E-state index contributed by atoms with van der Waals surface area (Å²) >= 11 is 3.32. The van der Waals surface area contributed by atoms with Gasteiger partial charge in [-0.25, -0.2) is 4.98 Å². The fraction of sp³-hybridized carbons (Fsp3) is 0.706. The van der Waals surface area contributed by atoms with Crippen LogP contribution in [0.1, 0.15) is 38.8 Å². The Labute approximate surface area is 151 Å². The van der Waals surface area contributed by atoms with Crippen LogP contribution in [0.15, 0.2) is 9.72 Å². The normalized spacial score (nSPS) is 23.7. The quantitative estimate of drug-likeness (QED) is 0.726. The third-order valence-electron chi connectivity index (χ3n) is 4.74. The van der Waals surface area contributed by atoms with Crippen molar-refractivity contribution in [3.8, 4) is 0 Å². The van der Waals surface area contributed by atoms with Gasteiger partial charge in [-0.2, -0.15) is 0 Å². The third kappa shape index (κ3) is 3.77. The van der Waals surface area contributed by atoms with Crippen LogP contribution in [0.5, 0.6) is 0 Å². The second kappa shape index (κ2) is 7.87. The van der Waals surface area contributed by atoms with Crippen molar-refractivity contribution in [2.45, 2.75) is 49.9 Å². The van der Waals surface area contributed by atoms with E-state index in [-0.39, 0.29) is 23.8 Å². The Kier molecular flexibility index (Phi) is 5.81. The average Bonchev–Trinajstić information content (AvgIpc) is 2.81. The molecular formula is C17H25N3O2S2. The molecule has 2 amide bonds. The van der Waals surface area contributed by atoms with E-state index in [4.69, 9.17) is 0 Å². The van der Waals surface area contributed by atoms with Gasteiger partial charge < -0.3 is 9.80 Å². The van der Waals surface area contributed by atoms with E-state index in [0.717, 1.165) is 41.6 Å². The van der Waals surface area contributed by atoms with Crippen molar-refractivity contribution < 1.29 is 9.59 Å². The Balaban J connectivity index is 1.66. The minimum atomic E-state index is -0.0131. The van der Waals surface area contributed by atoms with Gasteiger partial charge in [0.25, 0.3) is 0 Å². The Morgan fingerprint density at radius 3 is 2.96 bits per heavy atom. The molecule has 0 N–H and O–H groups in total. The Bertz CT molecular complexity index is 604. The van der Waals surface area contributed by atoms with E-state index >= 15 is 0 Å². The van der Waals surface area contributed by atoms with Crippen molar-refractivity contribution in [3.05, 3.63) is 11.1 Å². The molecule has 0 aliphatic carbocycles. The van der Waals surface area contributed by atoms with Gasteiger partial charge in [0.15, 0.2) is 0 Å². The molecule has 2 atom stereocenters. The number of thioether (sulfide) groups is 1. The minimum absolute atomic E-state index is 0.0131.